The molecule has 3 rings (SSSR count). The fourth-order valence-electron chi connectivity index (χ4n) is 2.88. The minimum Gasteiger partial charge on any atom is -0.493 e. The second-order valence-corrected chi connectivity index (χ2v) is 5.61. The Morgan fingerprint density at radius 1 is 1.43 bits per heavy atom. The first-order valence-corrected chi connectivity index (χ1v) is 7.32. The second-order valence-electron chi connectivity index (χ2n) is 5.61. The van der Waals surface area contributed by atoms with Gasteiger partial charge in [-0.05, 0) is 36.6 Å². The smallest absolute Gasteiger partial charge is 0.219 e. The van der Waals surface area contributed by atoms with Crippen LogP contribution < -0.4 is 9.47 Å². The van der Waals surface area contributed by atoms with E-state index in [9.17, 15) is 4.79 Å². The summed E-state index contributed by atoms with van der Waals surface area (Å²) < 4.78 is 16.4. The predicted octanol–water partition coefficient (Wildman–Crippen LogP) is 1.94. The highest BCUT2D eigenvalue weighted by Gasteiger charge is 2.28. The molecule has 2 atom stereocenters. The first-order chi connectivity index (χ1) is 10.1. The van der Waals surface area contributed by atoms with E-state index in [1.807, 2.05) is 17.0 Å². The Morgan fingerprint density at radius 3 is 2.81 bits per heavy atom. The maximum atomic E-state index is 11.7. The van der Waals surface area contributed by atoms with Gasteiger partial charge in [-0.25, -0.2) is 0 Å². The Bertz CT molecular complexity index is 553. The quantitative estimate of drug-likeness (QED) is 0.796. The molecule has 1 fully saturated rings. The molecule has 1 saturated heterocycles. The highest BCUT2D eigenvalue weighted by Crippen LogP contribution is 2.38. The number of hydrogen-bond acceptors (Lipinski definition) is 4. The molecule has 21 heavy (non-hydrogen) atoms. The standard InChI is InChI=1S/C16H21NO4/c1-10-14-7-15(19-3)16(21-9-13-8-20-13)6-12(14)4-5-17(10)11(2)18/h6-7,10,13H,4-5,8-9H2,1-3H3. The normalized spacial score (nSPS) is 23.5. The Morgan fingerprint density at radius 2 is 2.19 bits per heavy atom. The van der Waals surface area contributed by atoms with Crippen molar-refractivity contribution in [1.82, 2.24) is 4.90 Å². The van der Waals surface area contributed by atoms with Gasteiger partial charge in [0.25, 0.3) is 0 Å². The van der Waals surface area contributed by atoms with Crippen LogP contribution in [0.1, 0.15) is 31.0 Å². The molecule has 0 aromatic heterocycles. The number of rotatable bonds is 4. The number of amides is 1. The van der Waals surface area contributed by atoms with Gasteiger partial charge >= 0.3 is 0 Å². The van der Waals surface area contributed by atoms with Crippen LogP contribution in [0, 0.1) is 0 Å². The number of nitrogens with zero attached hydrogens (tertiary/aromatic N) is 1. The largest absolute Gasteiger partial charge is 0.493 e. The lowest BCUT2D eigenvalue weighted by atomic mass is 9.93. The maximum Gasteiger partial charge on any atom is 0.219 e. The first-order valence-electron chi connectivity index (χ1n) is 7.32. The van der Waals surface area contributed by atoms with E-state index in [1.54, 1.807) is 14.0 Å². The average molecular weight is 291 g/mol. The number of benzene rings is 1. The van der Waals surface area contributed by atoms with Gasteiger partial charge in [0.15, 0.2) is 11.5 Å². The van der Waals surface area contributed by atoms with Crippen LogP contribution in [0.4, 0.5) is 0 Å². The van der Waals surface area contributed by atoms with Gasteiger partial charge in [0.05, 0.1) is 19.8 Å². The highest BCUT2D eigenvalue weighted by atomic mass is 16.6. The molecule has 2 unspecified atom stereocenters. The zero-order valence-electron chi connectivity index (χ0n) is 12.7. The zero-order valence-corrected chi connectivity index (χ0v) is 12.7. The summed E-state index contributed by atoms with van der Waals surface area (Å²) >= 11 is 0. The summed E-state index contributed by atoms with van der Waals surface area (Å²) in [7, 11) is 1.64. The summed E-state index contributed by atoms with van der Waals surface area (Å²) in [4.78, 5) is 13.6. The number of methoxy groups -OCH3 is 1. The number of ether oxygens (including phenoxy) is 3. The third-order valence-electron chi connectivity index (χ3n) is 4.20. The molecule has 5 nitrogen and oxygen atoms in total. The Labute approximate surface area is 124 Å². The maximum absolute atomic E-state index is 11.7. The number of epoxide rings is 1. The SMILES string of the molecule is COc1cc2c(cc1OCC1CO1)CCN(C(C)=O)C2C. The van der Waals surface area contributed by atoms with E-state index in [2.05, 4.69) is 6.92 Å². The summed E-state index contributed by atoms with van der Waals surface area (Å²) in [6, 6.07) is 4.11. The summed E-state index contributed by atoms with van der Waals surface area (Å²) in [5.41, 5.74) is 2.37. The molecule has 1 amide bonds. The van der Waals surface area contributed by atoms with Crippen LogP contribution in [-0.2, 0) is 16.0 Å². The minimum atomic E-state index is 0.0703. The van der Waals surface area contributed by atoms with E-state index in [0.29, 0.717) is 12.4 Å². The van der Waals surface area contributed by atoms with Gasteiger partial charge in [-0.3, -0.25) is 4.79 Å². The minimum absolute atomic E-state index is 0.0703. The molecule has 114 valence electrons. The summed E-state index contributed by atoms with van der Waals surface area (Å²) in [6.45, 7) is 5.76. The third-order valence-corrected chi connectivity index (χ3v) is 4.20. The molecular weight excluding hydrogens is 270 g/mol. The van der Waals surface area contributed by atoms with Crippen molar-refractivity contribution < 1.29 is 19.0 Å². The van der Waals surface area contributed by atoms with Crippen molar-refractivity contribution in [2.24, 2.45) is 0 Å². The number of hydrogen-bond donors (Lipinski definition) is 0. The number of carbonyl (C=O) groups excluding carboxylic acids is 1. The average Bonchev–Trinajstić information content (AvgIpc) is 3.28. The summed E-state index contributed by atoms with van der Waals surface area (Å²) in [5, 5.41) is 0. The Kier molecular flexibility index (Phi) is 3.76. The monoisotopic (exact) mass is 291 g/mol. The zero-order chi connectivity index (χ0) is 15.0. The van der Waals surface area contributed by atoms with Crippen molar-refractivity contribution in [2.75, 3.05) is 26.9 Å². The first kappa shape index (κ1) is 14.2. The lowest BCUT2D eigenvalue weighted by Crippen LogP contribution is -2.37. The fourth-order valence-corrected chi connectivity index (χ4v) is 2.88. The van der Waals surface area contributed by atoms with Crippen LogP contribution in [0.25, 0.3) is 0 Å². The lowest BCUT2D eigenvalue weighted by molar-refractivity contribution is -0.131. The van der Waals surface area contributed by atoms with Crippen LogP contribution in [0.2, 0.25) is 0 Å². The van der Waals surface area contributed by atoms with E-state index in [4.69, 9.17) is 14.2 Å². The molecule has 0 spiro atoms. The fraction of sp³-hybridized carbons (Fsp3) is 0.562. The van der Waals surface area contributed by atoms with E-state index >= 15 is 0 Å². The van der Waals surface area contributed by atoms with Crippen molar-refractivity contribution in [3.05, 3.63) is 23.3 Å². The molecule has 2 aliphatic rings. The molecule has 1 aromatic carbocycles. The van der Waals surface area contributed by atoms with Gasteiger partial charge < -0.3 is 19.1 Å². The van der Waals surface area contributed by atoms with Crippen molar-refractivity contribution >= 4 is 5.91 Å². The molecule has 2 heterocycles. The van der Waals surface area contributed by atoms with Gasteiger partial charge in [0.1, 0.15) is 12.7 Å². The van der Waals surface area contributed by atoms with Crippen molar-refractivity contribution in [3.63, 3.8) is 0 Å². The van der Waals surface area contributed by atoms with Crippen LogP contribution in [-0.4, -0.2) is 43.8 Å². The Hall–Kier alpha value is -1.75. The van der Waals surface area contributed by atoms with Gasteiger partial charge in [-0.2, -0.15) is 0 Å². The number of fused-ring (bicyclic) bond motifs is 1. The topological polar surface area (TPSA) is 51.3 Å². The summed E-state index contributed by atoms with van der Waals surface area (Å²) in [6.07, 6.45) is 1.07. The molecule has 5 heteroatoms. The highest BCUT2D eigenvalue weighted by molar-refractivity contribution is 5.74. The van der Waals surface area contributed by atoms with Crippen molar-refractivity contribution in [2.45, 2.75) is 32.4 Å². The van der Waals surface area contributed by atoms with Crippen LogP contribution in [0.5, 0.6) is 11.5 Å². The van der Waals surface area contributed by atoms with Crippen molar-refractivity contribution in [1.29, 1.82) is 0 Å². The van der Waals surface area contributed by atoms with Crippen LogP contribution >= 0.6 is 0 Å². The molecular formula is C16H21NO4. The van der Waals surface area contributed by atoms with Crippen LogP contribution in [0.15, 0.2) is 12.1 Å². The molecule has 2 aliphatic heterocycles. The van der Waals surface area contributed by atoms with Crippen LogP contribution in [0.3, 0.4) is 0 Å². The van der Waals surface area contributed by atoms with Crippen molar-refractivity contribution in [3.8, 4) is 11.5 Å². The molecule has 0 bridgehead atoms. The second kappa shape index (κ2) is 5.56. The van der Waals surface area contributed by atoms with E-state index in [0.717, 1.165) is 30.9 Å². The van der Waals surface area contributed by atoms with Gasteiger partial charge in [-0.15, -0.1) is 0 Å². The van der Waals surface area contributed by atoms with E-state index in [1.165, 1.54) is 5.56 Å². The molecule has 1 aromatic rings. The number of carbonyl (C=O) groups is 1. The van der Waals surface area contributed by atoms with E-state index < -0.39 is 0 Å². The Balaban J connectivity index is 1.87. The molecule has 0 N–H and O–H groups in total. The van der Waals surface area contributed by atoms with Gasteiger partial charge in [0.2, 0.25) is 5.91 Å². The van der Waals surface area contributed by atoms with E-state index in [-0.39, 0.29) is 18.1 Å². The lowest BCUT2D eigenvalue weighted by Gasteiger charge is -2.35. The van der Waals surface area contributed by atoms with Gasteiger partial charge in [0, 0.05) is 13.5 Å². The molecule has 0 aliphatic carbocycles. The predicted molar refractivity (Wildman–Crippen MR) is 77.7 cm³/mol. The third kappa shape index (κ3) is 2.83. The summed E-state index contributed by atoms with van der Waals surface area (Å²) in [5.74, 6) is 1.58. The molecule has 0 radical (unpaired) electrons. The van der Waals surface area contributed by atoms with Gasteiger partial charge in [-0.1, -0.05) is 0 Å². The molecule has 0 saturated carbocycles.